The van der Waals surface area contributed by atoms with Crippen molar-refractivity contribution in [2.45, 2.75) is 25.4 Å². The second-order valence-corrected chi connectivity index (χ2v) is 7.34. The van der Waals surface area contributed by atoms with E-state index in [4.69, 9.17) is 5.73 Å². The zero-order valence-electron chi connectivity index (χ0n) is 14.3. The highest BCUT2D eigenvalue weighted by Crippen LogP contribution is 2.39. The largest absolute Gasteiger partial charge is 0.392 e. The van der Waals surface area contributed by atoms with E-state index in [9.17, 15) is 5.11 Å². The van der Waals surface area contributed by atoms with E-state index in [2.05, 4.69) is 31.9 Å². The van der Waals surface area contributed by atoms with Gasteiger partial charge in [-0.05, 0) is 26.3 Å². The van der Waals surface area contributed by atoms with Gasteiger partial charge in [0.1, 0.15) is 5.82 Å². The van der Waals surface area contributed by atoms with Crippen molar-refractivity contribution in [3.63, 3.8) is 0 Å². The molecule has 2 saturated heterocycles. The summed E-state index contributed by atoms with van der Waals surface area (Å²) in [5, 5.41) is 15.7. The molecule has 3 N–H and O–H groups in total. The van der Waals surface area contributed by atoms with Crippen LogP contribution in [0.15, 0.2) is 6.20 Å². The van der Waals surface area contributed by atoms with Crippen LogP contribution in [0.5, 0.6) is 0 Å². The Labute approximate surface area is 141 Å². The summed E-state index contributed by atoms with van der Waals surface area (Å²) >= 11 is 0. The number of hydrogen-bond donors (Lipinski definition) is 2. The molecular formula is C16H25N7O. The van der Waals surface area contributed by atoms with Gasteiger partial charge >= 0.3 is 0 Å². The number of nitrogens with zero attached hydrogens (tertiary/aromatic N) is 6. The molecule has 0 saturated carbocycles. The van der Waals surface area contributed by atoms with Gasteiger partial charge in [-0.25, -0.2) is 0 Å². The summed E-state index contributed by atoms with van der Waals surface area (Å²) in [4.78, 5) is 13.7. The standard InChI is InChI=1S/C16H25N7O/c1-21-7-4-12(24)16(9-21)5-3-6-23(10-16)15-19-13(17)11-8-18-22(2)14(11)20-15/h8,12,24H,3-7,9-10H2,1-2H3,(H2,17,19,20)/t12-,16-/m0/s1. The first kappa shape index (κ1) is 15.6. The number of aromatic nitrogens is 4. The Kier molecular flexibility index (Phi) is 3.61. The van der Waals surface area contributed by atoms with Gasteiger partial charge in [-0.3, -0.25) is 4.68 Å². The molecule has 0 bridgehead atoms. The predicted octanol–water partition coefficient (Wildman–Crippen LogP) is 0.229. The van der Waals surface area contributed by atoms with Crippen molar-refractivity contribution in [3.8, 4) is 0 Å². The lowest BCUT2D eigenvalue weighted by Gasteiger charge is -2.50. The Balaban J connectivity index is 1.68. The molecule has 4 heterocycles. The zero-order valence-corrected chi connectivity index (χ0v) is 14.3. The third-order valence-corrected chi connectivity index (χ3v) is 5.58. The normalized spacial score (nSPS) is 28.8. The molecule has 0 radical (unpaired) electrons. The quantitative estimate of drug-likeness (QED) is 0.772. The highest BCUT2D eigenvalue weighted by molar-refractivity contribution is 5.86. The average molecular weight is 331 g/mol. The molecule has 2 aromatic heterocycles. The van der Waals surface area contributed by atoms with Gasteiger partial charge in [-0.1, -0.05) is 0 Å². The Morgan fingerprint density at radius 3 is 2.92 bits per heavy atom. The van der Waals surface area contributed by atoms with Crippen LogP contribution in [0.2, 0.25) is 0 Å². The van der Waals surface area contributed by atoms with Crippen LogP contribution >= 0.6 is 0 Å². The number of rotatable bonds is 1. The SMILES string of the molecule is CN1CC[C@H](O)[C@@]2(CCCN(c3nc(N)c4cnn(C)c4n3)C2)C1. The van der Waals surface area contributed by atoms with E-state index in [1.807, 2.05) is 7.05 Å². The minimum atomic E-state index is -0.269. The fourth-order valence-corrected chi connectivity index (χ4v) is 4.28. The maximum Gasteiger partial charge on any atom is 0.229 e. The molecule has 8 heteroatoms. The monoisotopic (exact) mass is 331 g/mol. The highest BCUT2D eigenvalue weighted by atomic mass is 16.3. The second kappa shape index (κ2) is 5.56. The molecule has 0 aliphatic carbocycles. The van der Waals surface area contributed by atoms with E-state index in [0.717, 1.165) is 56.5 Å². The molecule has 2 fully saturated rings. The number of nitrogen functional groups attached to an aromatic ring is 1. The molecule has 0 aromatic carbocycles. The van der Waals surface area contributed by atoms with Gasteiger partial charge in [-0.2, -0.15) is 15.1 Å². The molecule has 0 unspecified atom stereocenters. The number of fused-ring (bicyclic) bond motifs is 1. The number of aliphatic hydroxyl groups is 1. The van der Waals surface area contributed by atoms with Gasteiger partial charge in [0.15, 0.2) is 5.65 Å². The van der Waals surface area contributed by atoms with Crippen molar-refractivity contribution in [3.05, 3.63) is 6.20 Å². The van der Waals surface area contributed by atoms with Gasteiger partial charge in [0.25, 0.3) is 0 Å². The number of piperidine rings is 2. The van der Waals surface area contributed by atoms with Crippen molar-refractivity contribution in [2.24, 2.45) is 12.5 Å². The summed E-state index contributed by atoms with van der Waals surface area (Å²) < 4.78 is 1.72. The molecule has 24 heavy (non-hydrogen) atoms. The molecule has 2 aliphatic rings. The van der Waals surface area contributed by atoms with E-state index in [-0.39, 0.29) is 11.5 Å². The second-order valence-electron chi connectivity index (χ2n) is 7.34. The van der Waals surface area contributed by atoms with Crippen LogP contribution in [0.4, 0.5) is 11.8 Å². The van der Waals surface area contributed by atoms with Crippen molar-refractivity contribution < 1.29 is 5.11 Å². The molecule has 8 nitrogen and oxygen atoms in total. The van der Waals surface area contributed by atoms with Gasteiger partial charge in [-0.15, -0.1) is 0 Å². The van der Waals surface area contributed by atoms with E-state index < -0.39 is 0 Å². The molecular weight excluding hydrogens is 306 g/mol. The molecule has 2 atom stereocenters. The minimum Gasteiger partial charge on any atom is -0.392 e. The smallest absolute Gasteiger partial charge is 0.229 e. The number of hydrogen-bond acceptors (Lipinski definition) is 7. The number of aliphatic hydroxyl groups excluding tert-OH is 1. The Morgan fingerprint density at radius 1 is 1.25 bits per heavy atom. The average Bonchev–Trinajstić information content (AvgIpc) is 2.93. The molecule has 0 amide bonds. The lowest BCUT2D eigenvalue weighted by molar-refractivity contribution is -0.0467. The maximum absolute atomic E-state index is 10.7. The summed E-state index contributed by atoms with van der Waals surface area (Å²) in [6.45, 7) is 3.52. The van der Waals surface area contributed by atoms with Gasteiger partial charge in [0, 0.05) is 38.6 Å². The summed E-state index contributed by atoms with van der Waals surface area (Å²) in [5.41, 5.74) is 6.75. The lowest BCUT2D eigenvalue weighted by atomic mass is 9.72. The third-order valence-electron chi connectivity index (χ3n) is 5.58. The van der Waals surface area contributed by atoms with Crippen LogP contribution in [0, 0.1) is 5.41 Å². The van der Waals surface area contributed by atoms with Crippen LogP contribution in [-0.2, 0) is 7.05 Å². The minimum absolute atomic E-state index is 0.106. The van der Waals surface area contributed by atoms with Crippen LogP contribution in [0.3, 0.4) is 0 Å². The van der Waals surface area contributed by atoms with E-state index in [1.165, 1.54) is 0 Å². The lowest BCUT2D eigenvalue weighted by Crippen LogP contribution is -2.58. The fraction of sp³-hybridized carbons (Fsp3) is 0.688. The summed E-state index contributed by atoms with van der Waals surface area (Å²) in [6, 6.07) is 0. The highest BCUT2D eigenvalue weighted by Gasteiger charge is 2.45. The van der Waals surface area contributed by atoms with Gasteiger partial charge in [0.05, 0.1) is 17.7 Å². The third kappa shape index (κ3) is 2.41. The van der Waals surface area contributed by atoms with Gasteiger partial charge < -0.3 is 20.6 Å². The van der Waals surface area contributed by atoms with E-state index >= 15 is 0 Å². The summed E-state index contributed by atoms with van der Waals surface area (Å²) in [5.74, 6) is 1.10. The van der Waals surface area contributed by atoms with E-state index in [0.29, 0.717) is 11.8 Å². The number of aryl methyl sites for hydroxylation is 1. The van der Waals surface area contributed by atoms with Crippen molar-refractivity contribution in [1.29, 1.82) is 0 Å². The number of likely N-dealkylation sites (tertiary alicyclic amines) is 1. The Bertz CT molecular complexity index is 760. The fourth-order valence-electron chi connectivity index (χ4n) is 4.28. The molecule has 130 valence electrons. The van der Waals surface area contributed by atoms with Crippen LogP contribution in [-0.4, -0.2) is 69.1 Å². The van der Waals surface area contributed by atoms with Crippen LogP contribution in [0.1, 0.15) is 19.3 Å². The molecule has 2 aromatic rings. The Hall–Kier alpha value is -1.93. The molecule has 2 aliphatic heterocycles. The molecule has 1 spiro atoms. The maximum atomic E-state index is 10.7. The summed E-state index contributed by atoms with van der Waals surface area (Å²) in [6.07, 6.45) is 4.32. The predicted molar refractivity (Wildman–Crippen MR) is 92.7 cm³/mol. The van der Waals surface area contributed by atoms with Crippen molar-refractivity contribution >= 4 is 22.8 Å². The van der Waals surface area contributed by atoms with Crippen LogP contribution in [0.25, 0.3) is 11.0 Å². The topological polar surface area (TPSA) is 96.3 Å². The first-order chi connectivity index (χ1) is 11.5. The molecule has 4 rings (SSSR count). The number of anilines is 2. The number of nitrogens with two attached hydrogens (primary N) is 1. The first-order valence-electron chi connectivity index (χ1n) is 8.55. The van der Waals surface area contributed by atoms with E-state index in [1.54, 1.807) is 10.9 Å². The van der Waals surface area contributed by atoms with Crippen LogP contribution < -0.4 is 10.6 Å². The zero-order chi connectivity index (χ0) is 16.9. The summed E-state index contributed by atoms with van der Waals surface area (Å²) in [7, 11) is 3.98. The van der Waals surface area contributed by atoms with Crippen molar-refractivity contribution in [2.75, 3.05) is 43.9 Å². The van der Waals surface area contributed by atoms with Gasteiger partial charge in [0.2, 0.25) is 5.95 Å². The Morgan fingerprint density at radius 2 is 2.08 bits per heavy atom. The van der Waals surface area contributed by atoms with Crippen molar-refractivity contribution in [1.82, 2.24) is 24.6 Å². The first-order valence-corrected chi connectivity index (χ1v) is 8.55.